The Kier molecular flexibility index (Phi) is 5.14. The van der Waals surface area contributed by atoms with Crippen LogP contribution in [0.3, 0.4) is 0 Å². The molecule has 0 saturated heterocycles. The fourth-order valence-electron chi connectivity index (χ4n) is 2.81. The van der Waals surface area contributed by atoms with Gasteiger partial charge in [0.2, 0.25) is 0 Å². The molecule has 0 amide bonds. The van der Waals surface area contributed by atoms with Gasteiger partial charge in [-0.3, -0.25) is 4.31 Å². The van der Waals surface area contributed by atoms with E-state index in [1.54, 1.807) is 12.1 Å². The lowest BCUT2D eigenvalue weighted by atomic mass is 10.1. The molecule has 5 nitrogen and oxygen atoms in total. The van der Waals surface area contributed by atoms with Crippen LogP contribution in [0.1, 0.15) is 12.5 Å². The lowest BCUT2D eigenvalue weighted by molar-refractivity contribution is 0.586. The maximum atomic E-state index is 13.3. The molecule has 2 aromatic rings. The molecule has 1 aliphatic heterocycles. The number of hydrogen-bond donors (Lipinski definition) is 0. The Morgan fingerprint density at radius 2 is 1.69 bits per heavy atom. The van der Waals surface area contributed by atoms with Gasteiger partial charge in [0.25, 0.3) is 10.0 Å². The Bertz CT molecular complexity index is 1030. The third-order valence-electron chi connectivity index (χ3n) is 4.18. The molecule has 0 spiro atoms. The average molecular weight is 412 g/mol. The van der Waals surface area contributed by atoms with Crippen LogP contribution in [0.25, 0.3) is 0 Å². The first-order valence-electron chi connectivity index (χ1n) is 8.03. The van der Waals surface area contributed by atoms with Gasteiger partial charge in [-0.25, -0.2) is 16.8 Å². The molecule has 1 aliphatic rings. The molecule has 1 atom stereocenters. The summed E-state index contributed by atoms with van der Waals surface area (Å²) in [5.41, 5.74) is 1.48. The Labute approximate surface area is 158 Å². The Morgan fingerprint density at radius 1 is 1.08 bits per heavy atom. The van der Waals surface area contributed by atoms with E-state index in [0.29, 0.717) is 10.7 Å². The lowest BCUT2D eigenvalue weighted by Crippen LogP contribution is -2.41. The van der Waals surface area contributed by atoms with Gasteiger partial charge < -0.3 is 0 Å². The maximum Gasteiger partial charge on any atom is 0.264 e. The molecule has 0 saturated carbocycles. The highest BCUT2D eigenvalue weighted by Crippen LogP contribution is 2.30. The van der Waals surface area contributed by atoms with Crippen LogP contribution in [-0.4, -0.2) is 28.6 Å². The van der Waals surface area contributed by atoms with E-state index in [4.69, 9.17) is 11.6 Å². The van der Waals surface area contributed by atoms with Gasteiger partial charge in [-0.05, 0) is 54.5 Å². The Hall–Kier alpha value is -1.83. The van der Waals surface area contributed by atoms with Gasteiger partial charge in [-0.15, -0.1) is 0 Å². The zero-order chi connectivity index (χ0) is 18.9. The minimum absolute atomic E-state index is 0.0548. The topological polar surface area (TPSA) is 71.5 Å². The SMILES string of the molecule is CCc1ccc(N(C2C=CS(=O)(=O)C2)S(=O)(=O)c2ccc(Cl)cc2)cc1. The molecule has 1 unspecified atom stereocenters. The van der Waals surface area contributed by atoms with Crippen molar-refractivity contribution in [3.05, 3.63) is 70.6 Å². The van der Waals surface area contributed by atoms with Crippen LogP contribution < -0.4 is 4.31 Å². The predicted octanol–water partition coefficient (Wildman–Crippen LogP) is 3.41. The molecule has 2 aromatic carbocycles. The molecule has 26 heavy (non-hydrogen) atoms. The first kappa shape index (κ1) is 18.9. The number of anilines is 1. The highest BCUT2D eigenvalue weighted by molar-refractivity contribution is 7.95. The van der Waals surface area contributed by atoms with Crippen LogP contribution in [0.5, 0.6) is 0 Å². The zero-order valence-electron chi connectivity index (χ0n) is 14.0. The van der Waals surface area contributed by atoms with Gasteiger partial charge in [-0.1, -0.05) is 30.7 Å². The summed E-state index contributed by atoms with van der Waals surface area (Å²) in [7, 11) is -7.38. The van der Waals surface area contributed by atoms with Crippen molar-refractivity contribution in [1.82, 2.24) is 0 Å². The van der Waals surface area contributed by atoms with E-state index < -0.39 is 25.9 Å². The van der Waals surface area contributed by atoms with E-state index in [2.05, 4.69) is 0 Å². The summed E-state index contributed by atoms with van der Waals surface area (Å²) in [6.45, 7) is 2.00. The van der Waals surface area contributed by atoms with Crippen LogP contribution in [-0.2, 0) is 26.3 Å². The number of sulfonamides is 1. The zero-order valence-corrected chi connectivity index (χ0v) is 16.4. The van der Waals surface area contributed by atoms with Gasteiger partial charge in [0.05, 0.1) is 22.4 Å². The number of benzene rings is 2. The number of aryl methyl sites for hydroxylation is 1. The summed E-state index contributed by atoms with van der Waals surface area (Å²) in [6.07, 6.45) is 2.23. The third-order valence-corrected chi connectivity index (χ3v) is 7.68. The molecule has 0 N–H and O–H groups in total. The van der Waals surface area contributed by atoms with Crippen molar-refractivity contribution in [2.75, 3.05) is 10.1 Å². The first-order chi connectivity index (χ1) is 12.2. The van der Waals surface area contributed by atoms with Crippen molar-refractivity contribution in [1.29, 1.82) is 0 Å². The normalized spacial score (nSPS) is 18.8. The second-order valence-corrected chi connectivity index (χ2v) is 10.2. The summed E-state index contributed by atoms with van der Waals surface area (Å²) < 4.78 is 51.4. The van der Waals surface area contributed by atoms with Gasteiger partial charge in [0.1, 0.15) is 0 Å². The van der Waals surface area contributed by atoms with Crippen molar-refractivity contribution in [2.45, 2.75) is 24.3 Å². The highest BCUT2D eigenvalue weighted by atomic mass is 35.5. The first-order valence-corrected chi connectivity index (χ1v) is 11.6. The fraction of sp³-hybridized carbons (Fsp3) is 0.222. The van der Waals surface area contributed by atoms with E-state index in [1.165, 1.54) is 30.3 Å². The molecule has 0 radical (unpaired) electrons. The van der Waals surface area contributed by atoms with E-state index in [9.17, 15) is 16.8 Å². The van der Waals surface area contributed by atoms with E-state index in [1.807, 2.05) is 19.1 Å². The molecule has 1 heterocycles. The molecular formula is C18H18ClNO4S2. The van der Waals surface area contributed by atoms with Crippen molar-refractivity contribution < 1.29 is 16.8 Å². The third kappa shape index (κ3) is 3.79. The van der Waals surface area contributed by atoms with Crippen LogP contribution >= 0.6 is 11.6 Å². The van der Waals surface area contributed by atoms with E-state index in [-0.39, 0.29) is 10.6 Å². The smallest absolute Gasteiger partial charge is 0.258 e. The minimum Gasteiger partial charge on any atom is -0.258 e. The quantitative estimate of drug-likeness (QED) is 0.755. The van der Waals surface area contributed by atoms with Gasteiger partial charge >= 0.3 is 0 Å². The van der Waals surface area contributed by atoms with Crippen LogP contribution in [0, 0.1) is 0 Å². The number of halogens is 1. The summed E-state index contributed by atoms with van der Waals surface area (Å²) in [6, 6.07) is 12.1. The van der Waals surface area contributed by atoms with E-state index >= 15 is 0 Å². The molecule has 0 bridgehead atoms. The monoisotopic (exact) mass is 411 g/mol. The molecule has 0 fully saturated rings. The second-order valence-electron chi connectivity index (χ2n) is 6.00. The second kappa shape index (κ2) is 7.06. The molecule has 0 aromatic heterocycles. The van der Waals surface area contributed by atoms with Gasteiger partial charge in [-0.2, -0.15) is 0 Å². The van der Waals surface area contributed by atoms with Crippen LogP contribution in [0.2, 0.25) is 5.02 Å². The summed E-state index contributed by atoms with van der Waals surface area (Å²) in [5.74, 6) is -0.282. The molecule has 3 rings (SSSR count). The van der Waals surface area contributed by atoms with Gasteiger partial charge in [0, 0.05) is 10.4 Å². The van der Waals surface area contributed by atoms with E-state index in [0.717, 1.165) is 21.7 Å². The van der Waals surface area contributed by atoms with Crippen molar-refractivity contribution in [3.63, 3.8) is 0 Å². The van der Waals surface area contributed by atoms with Crippen molar-refractivity contribution in [3.8, 4) is 0 Å². The largest absolute Gasteiger partial charge is 0.264 e. The molecule has 0 aliphatic carbocycles. The minimum atomic E-state index is -3.97. The summed E-state index contributed by atoms with van der Waals surface area (Å²) >= 11 is 5.86. The molecular weight excluding hydrogens is 394 g/mol. The number of hydrogen-bond acceptors (Lipinski definition) is 4. The number of sulfone groups is 1. The van der Waals surface area contributed by atoms with Gasteiger partial charge in [0.15, 0.2) is 9.84 Å². The Morgan fingerprint density at radius 3 is 2.19 bits per heavy atom. The van der Waals surface area contributed by atoms with Crippen LogP contribution in [0.4, 0.5) is 5.69 Å². The molecule has 8 heteroatoms. The summed E-state index contributed by atoms with van der Waals surface area (Å²) in [5, 5.41) is 1.49. The standard InChI is InChI=1S/C18H18ClNO4S2/c1-2-14-3-7-16(8-4-14)20(17-11-12-25(21,22)13-17)26(23,24)18-9-5-15(19)6-10-18/h3-12,17H,2,13H2,1H3. The fourth-order valence-corrected chi connectivity index (χ4v) is 5.91. The summed E-state index contributed by atoms with van der Waals surface area (Å²) in [4.78, 5) is 0.0548. The number of nitrogens with zero attached hydrogens (tertiary/aromatic N) is 1. The van der Waals surface area contributed by atoms with Crippen molar-refractivity contribution in [2.24, 2.45) is 0 Å². The highest BCUT2D eigenvalue weighted by Gasteiger charge is 2.35. The van der Waals surface area contributed by atoms with Crippen molar-refractivity contribution >= 4 is 37.1 Å². The predicted molar refractivity (Wildman–Crippen MR) is 104 cm³/mol. The maximum absolute atomic E-state index is 13.3. The lowest BCUT2D eigenvalue weighted by Gasteiger charge is -2.29. The van der Waals surface area contributed by atoms with Crippen LogP contribution in [0.15, 0.2) is 64.9 Å². The number of rotatable bonds is 5. The molecule has 138 valence electrons. The Balaban J connectivity index is 2.10. The average Bonchev–Trinajstić information content (AvgIpc) is 2.95.